The summed E-state index contributed by atoms with van der Waals surface area (Å²) in [6.45, 7) is 4.23. The number of aromatic nitrogens is 5. The van der Waals surface area contributed by atoms with Gasteiger partial charge in [0.2, 0.25) is 5.95 Å². The van der Waals surface area contributed by atoms with Crippen molar-refractivity contribution in [3.8, 4) is 28.1 Å². The molecule has 4 heterocycles. The largest absolute Gasteiger partial charge is 0.484 e. The number of anilines is 3. The van der Waals surface area contributed by atoms with E-state index < -0.39 is 27.7 Å². The van der Waals surface area contributed by atoms with E-state index >= 15 is 0 Å². The number of pyridine rings is 1. The highest BCUT2D eigenvalue weighted by molar-refractivity contribution is 7.93. The van der Waals surface area contributed by atoms with Gasteiger partial charge in [-0.1, -0.05) is 18.2 Å². The molecule has 0 saturated carbocycles. The topological polar surface area (TPSA) is 150 Å². The molecular formula is C30H29F3N8O4S. The lowest BCUT2D eigenvalue weighted by Gasteiger charge is -2.26. The Bertz CT molecular complexity index is 1980. The summed E-state index contributed by atoms with van der Waals surface area (Å²) in [5.74, 6) is -3.42. The summed E-state index contributed by atoms with van der Waals surface area (Å²) in [5, 5.41) is 5.19. The first-order chi connectivity index (χ1) is 22.0. The van der Waals surface area contributed by atoms with E-state index in [1.54, 1.807) is 37.2 Å². The minimum absolute atomic E-state index is 0.0628. The van der Waals surface area contributed by atoms with Crippen molar-refractivity contribution in [2.75, 3.05) is 41.7 Å². The molecular weight excluding hydrogens is 625 g/mol. The summed E-state index contributed by atoms with van der Waals surface area (Å²) in [7, 11) is -3.29. The number of nitrogens with one attached hydrogen (secondary N) is 1. The molecule has 1 saturated heterocycles. The third-order valence-electron chi connectivity index (χ3n) is 7.52. The van der Waals surface area contributed by atoms with Gasteiger partial charge < -0.3 is 20.1 Å². The minimum atomic E-state index is -5.02. The van der Waals surface area contributed by atoms with Crippen LogP contribution in [0.3, 0.4) is 0 Å². The summed E-state index contributed by atoms with van der Waals surface area (Å²) in [6.07, 6.45) is 4.29. The second-order valence-corrected chi connectivity index (χ2v) is 12.2. The molecule has 5 aromatic rings. The van der Waals surface area contributed by atoms with E-state index in [1.165, 1.54) is 42.5 Å². The molecule has 0 aliphatic carbocycles. The van der Waals surface area contributed by atoms with Gasteiger partial charge in [0.25, 0.3) is 10.0 Å². The van der Waals surface area contributed by atoms with E-state index in [9.17, 15) is 21.6 Å². The lowest BCUT2D eigenvalue weighted by atomic mass is 10.0. The normalized spacial score (nSPS) is 14.5. The van der Waals surface area contributed by atoms with Crippen LogP contribution in [0.5, 0.6) is 5.75 Å². The summed E-state index contributed by atoms with van der Waals surface area (Å²) < 4.78 is 79.2. The molecule has 0 amide bonds. The third kappa shape index (κ3) is 6.12. The highest BCUT2D eigenvalue weighted by Gasteiger charge is 2.27. The highest BCUT2D eigenvalue weighted by atomic mass is 32.2. The SMILES string of the molecule is C[C@H](Oc1cc(-c2nn(C)c3c(-c4cnc(N5CCOCC5)nc4)cnc(N)c23)ccc1NS(=O)(=O)C(F)F)c1ccc(F)cc1. The fourth-order valence-corrected chi connectivity index (χ4v) is 5.74. The molecule has 1 aliphatic heterocycles. The Morgan fingerprint density at radius 3 is 2.37 bits per heavy atom. The molecule has 12 nitrogen and oxygen atoms in total. The second kappa shape index (κ2) is 12.4. The van der Waals surface area contributed by atoms with Crippen LogP contribution in [-0.2, 0) is 21.8 Å². The van der Waals surface area contributed by atoms with Crippen molar-refractivity contribution in [3.63, 3.8) is 0 Å². The number of nitrogens with two attached hydrogens (primary N) is 1. The molecule has 0 bridgehead atoms. The van der Waals surface area contributed by atoms with Crippen molar-refractivity contribution in [2.45, 2.75) is 18.8 Å². The Morgan fingerprint density at radius 2 is 1.70 bits per heavy atom. The van der Waals surface area contributed by atoms with Gasteiger partial charge in [-0.2, -0.15) is 13.9 Å². The first-order valence-electron chi connectivity index (χ1n) is 14.1. The Kier molecular flexibility index (Phi) is 8.39. The van der Waals surface area contributed by atoms with Crippen LogP contribution < -0.4 is 20.1 Å². The number of rotatable bonds is 9. The van der Waals surface area contributed by atoms with Crippen LogP contribution >= 0.6 is 0 Å². The lowest BCUT2D eigenvalue weighted by molar-refractivity contribution is 0.122. The number of fused-ring (bicyclic) bond motifs is 1. The summed E-state index contributed by atoms with van der Waals surface area (Å²) in [5.41, 5.74) is 9.54. The van der Waals surface area contributed by atoms with Crippen LogP contribution in [0.25, 0.3) is 33.3 Å². The first kappa shape index (κ1) is 31.0. The predicted molar refractivity (Wildman–Crippen MR) is 166 cm³/mol. The number of ether oxygens (including phenoxy) is 2. The Morgan fingerprint density at radius 1 is 1.00 bits per heavy atom. The second-order valence-electron chi connectivity index (χ2n) is 10.6. The van der Waals surface area contributed by atoms with Gasteiger partial charge in [-0.25, -0.2) is 27.8 Å². The molecule has 1 aliphatic rings. The van der Waals surface area contributed by atoms with Crippen molar-refractivity contribution >= 4 is 38.4 Å². The smallest absolute Gasteiger partial charge is 0.355 e. The molecule has 240 valence electrons. The standard InChI is InChI=1S/C30H29F3N8O4S/c1-17(18-3-6-21(31)7-4-18)45-24-13-19(5-8-23(24)39-46(42,43)29(32)33)26-25-27(40(2)38-26)22(16-35-28(25)34)20-14-36-30(37-15-20)41-9-11-44-12-10-41/h3-8,13-17,29,39H,9-12H2,1-2H3,(H2,34,35)/t17-/m0/s1. The van der Waals surface area contributed by atoms with Crippen LogP contribution in [0, 0.1) is 5.82 Å². The number of aryl methyl sites for hydroxylation is 1. The van der Waals surface area contributed by atoms with Gasteiger partial charge >= 0.3 is 5.76 Å². The minimum Gasteiger partial charge on any atom is -0.484 e. The molecule has 16 heteroatoms. The van der Waals surface area contributed by atoms with E-state index in [1.807, 2.05) is 9.62 Å². The van der Waals surface area contributed by atoms with Crippen molar-refractivity contribution in [2.24, 2.45) is 7.05 Å². The maximum Gasteiger partial charge on any atom is 0.355 e. The van der Waals surface area contributed by atoms with Gasteiger partial charge in [-0.05, 0) is 36.8 Å². The number of morpholine rings is 1. The summed E-state index contributed by atoms with van der Waals surface area (Å²) >= 11 is 0. The predicted octanol–water partition coefficient (Wildman–Crippen LogP) is 4.75. The Hall–Kier alpha value is -4.96. The average molecular weight is 655 g/mol. The van der Waals surface area contributed by atoms with Crippen molar-refractivity contribution in [1.29, 1.82) is 0 Å². The number of hydrogen-bond acceptors (Lipinski definition) is 10. The zero-order valence-corrected chi connectivity index (χ0v) is 25.5. The molecule has 0 unspecified atom stereocenters. The number of alkyl halides is 2. The summed E-state index contributed by atoms with van der Waals surface area (Å²) in [4.78, 5) is 15.5. The molecule has 3 N–H and O–H groups in total. The zero-order chi connectivity index (χ0) is 32.6. The number of nitrogens with zero attached hydrogens (tertiary/aromatic N) is 6. The van der Waals surface area contributed by atoms with Crippen molar-refractivity contribution < 1.29 is 31.1 Å². The highest BCUT2D eigenvalue weighted by Crippen LogP contribution is 2.40. The van der Waals surface area contributed by atoms with Gasteiger partial charge in [-0.15, -0.1) is 0 Å². The van der Waals surface area contributed by atoms with E-state index in [0.29, 0.717) is 71.1 Å². The monoisotopic (exact) mass is 654 g/mol. The molecule has 0 spiro atoms. The van der Waals surface area contributed by atoms with Gasteiger partial charge in [-0.3, -0.25) is 9.40 Å². The van der Waals surface area contributed by atoms with Crippen LogP contribution in [0.15, 0.2) is 61.1 Å². The summed E-state index contributed by atoms with van der Waals surface area (Å²) in [6, 6.07) is 9.79. The Balaban J connectivity index is 1.41. The maximum absolute atomic E-state index is 13.5. The molecule has 2 aromatic carbocycles. The first-order valence-corrected chi connectivity index (χ1v) is 15.7. The van der Waals surface area contributed by atoms with Crippen LogP contribution in [-0.4, -0.2) is 65.2 Å². The van der Waals surface area contributed by atoms with Crippen molar-refractivity contribution in [3.05, 3.63) is 72.4 Å². The van der Waals surface area contributed by atoms with E-state index in [0.717, 1.165) is 0 Å². The van der Waals surface area contributed by atoms with E-state index in [-0.39, 0.29) is 17.3 Å². The fourth-order valence-electron chi connectivity index (χ4n) is 5.18. The van der Waals surface area contributed by atoms with Crippen LogP contribution in [0.4, 0.5) is 30.6 Å². The van der Waals surface area contributed by atoms with Gasteiger partial charge in [0.05, 0.1) is 29.8 Å². The van der Waals surface area contributed by atoms with Gasteiger partial charge in [0.15, 0.2) is 0 Å². The van der Waals surface area contributed by atoms with Crippen molar-refractivity contribution in [1.82, 2.24) is 24.7 Å². The van der Waals surface area contributed by atoms with Gasteiger partial charge in [0.1, 0.15) is 29.2 Å². The van der Waals surface area contributed by atoms with Crippen LogP contribution in [0.1, 0.15) is 18.6 Å². The number of sulfonamides is 1. The Labute approximate surface area is 262 Å². The molecule has 0 radical (unpaired) electrons. The number of nitrogen functional groups attached to an aromatic ring is 1. The zero-order valence-electron chi connectivity index (χ0n) is 24.7. The third-order valence-corrected chi connectivity index (χ3v) is 8.49. The maximum atomic E-state index is 13.5. The van der Waals surface area contributed by atoms with Gasteiger partial charge in [0, 0.05) is 55.4 Å². The number of benzene rings is 2. The lowest BCUT2D eigenvalue weighted by Crippen LogP contribution is -2.37. The molecule has 1 fully saturated rings. The number of halogens is 3. The van der Waals surface area contributed by atoms with E-state index in [4.69, 9.17) is 20.3 Å². The molecule has 3 aromatic heterocycles. The quantitative estimate of drug-likeness (QED) is 0.228. The molecule has 6 rings (SSSR count). The molecule has 46 heavy (non-hydrogen) atoms. The average Bonchev–Trinajstić information content (AvgIpc) is 3.40. The fraction of sp³-hybridized carbons (Fsp3) is 0.267. The molecule has 1 atom stereocenters. The van der Waals surface area contributed by atoms with E-state index in [2.05, 4.69) is 15.0 Å². The number of hydrogen-bond donors (Lipinski definition) is 2. The van der Waals surface area contributed by atoms with Crippen LogP contribution in [0.2, 0.25) is 0 Å².